The second-order valence-corrected chi connectivity index (χ2v) is 4.48. The van der Waals surface area contributed by atoms with Crippen molar-refractivity contribution < 1.29 is 24.6 Å². The number of rotatable bonds is 6. The van der Waals surface area contributed by atoms with Crippen molar-refractivity contribution in [2.45, 2.75) is 18.8 Å². The lowest BCUT2D eigenvalue weighted by molar-refractivity contribution is -0.156. The van der Waals surface area contributed by atoms with E-state index in [1.807, 2.05) is 0 Å². The zero-order valence-electron chi connectivity index (χ0n) is 10.7. The molecule has 0 aliphatic carbocycles. The summed E-state index contributed by atoms with van der Waals surface area (Å²) in [5.74, 6) is -5.13. The Balaban J connectivity index is 3.25. The van der Waals surface area contributed by atoms with Crippen molar-refractivity contribution in [2.75, 3.05) is 0 Å². The Kier molecular flexibility index (Phi) is 5.52. The van der Waals surface area contributed by atoms with Crippen LogP contribution in [0.4, 0.5) is 0 Å². The van der Waals surface area contributed by atoms with E-state index in [9.17, 15) is 14.4 Å². The van der Waals surface area contributed by atoms with Gasteiger partial charge in [0.2, 0.25) is 5.91 Å². The molecule has 1 unspecified atom stereocenters. The maximum Gasteiger partial charge on any atom is 0.320 e. The molecular weight excluding hydrogens is 286 g/mol. The van der Waals surface area contributed by atoms with Gasteiger partial charge >= 0.3 is 11.9 Å². The van der Waals surface area contributed by atoms with Gasteiger partial charge in [-0.05, 0) is 11.1 Å². The average Bonchev–Trinajstić information content (AvgIpc) is 2.36. The third-order valence-corrected chi connectivity index (χ3v) is 3.00. The molecule has 0 aliphatic rings. The molecule has 1 rings (SSSR count). The number of carbonyl (C=O) groups is 3. The molecule has 6 nitrogen and oxygen atoms in total. The SMILES string of the molecule is CC(=O)NC(c1cccc(CCl)c1)C(C(=O)O)C(=O)O. The van der Waals surface area contributed by atoms with E-state index in [-0.39, 0.29) is 5.88 Å². The normalized spacial score (nSPS) is 11.9. The van der Waals surface area contributed by atoms with E-state index in [4.69, 9.17) is 21.8 Å². The van der Waals surface area contributed by atoms with E-state index < -0.39 is 29.8 Å². The fraction of sp³-hybridized carbons (Fsp3) is 0.308. The molecule has 0 saturated heterocycles. The van der Waals surface area contributed by atoms with Gasteiger partial charge in [0, 0.05) is 12.8 Å². The quantitative estimate of drug-likeness (QED) is 0.544. The fourth-order valence-corrected chi connectivity index (χ4v) is 2.00. The minimum Gasteiger partial charge on any atom is -0.481 e. The molecular formula is C13H14ClNO5. The first-order valence-electron chi connectivity index (χ1n) is 5.74. The standard InChI is InChI=1S/C13H14ClNO5/c1-7(16)15-11(10(12(17)18)13(19)20)9-4-2-3-8(5-9)6-14/h2-5,10-11H,6H2,1H3,(H,15,16)(H,17,18)(H,19,20). The van der Waals surface area contributed by atoms with Gasteiger partial charge in [-0.1, -0.05) is 24.3 Å². The number of halogens is 1. The molecule has 7 heteroatoms. The summed E-state index contributed by atoms with van der Waals surface area (Å²) in [6, 6.07) is 5.31. The molecule has 0 aromatic heterocycles. The highest BCUT2D eigenvalue weighted by Gasteiger charge is 2.36. The Morgan fingerprint density at radius 2 is 1.85 bits per heavy atom. The molecule has 0 aliphatic heterocycles. The number of carboxylic acids is 2. The molecule has 0 spiro atoms. The number of hydrogen-bond acceptors (Lipinski definition) is 3. The summed E-state index contributed by atoms with van der Waals surface area (Å²) in [5, 5.41) is 20.5. The van der Waals surface area contributed by atoms with E-state index in [2.05, 4.69) is 5.32 Å². The maximum atomic E-state index is 11.2. The minimum atomic E-state index is -1.77. The molecule has 20 heavy (non-hydrogen) atoms. The van der Waals surface area contributed by atoms with Gasteiger partial charge in [-0.25, -0.2) is 0 Å². The van der Waals surface area contributed by atoms with Crippen LogP contribution in [-0.2, 0) is 20.3 Å². The second-order valence-electron chi connectivity index (χ2n) is 4.21. The third kappa shape index (κ3) is 3.96. The van der Waals surface area contributed by atoms with Crippen LogP contribution in [0.2, 0.25) is 0 Å². The number of hydrogen-bond donors (Lipinski definition) is 3. The van der Waals surface area contributed by atoms with E-state index in [0.29, 0.717) is 11.1 Å². The highest BCUT2D eigenvalue weighted by atomic mass is 35.5. The topological polar surface area (TPSA) is 104 Å². The van der Waals surface area contributed by atoms with Crippen molar-refractivity contribution in [1.29, 1.82) is 0 Å². The molecule has 108 valence electrons. The van der Waals surface area contributed by atoms with Crippen LogP contribution in [0.3, 0.4) is 0 Å². The van der Waals surface area contributed by atoms with E-state index in [0.717, 1.165) is 0 Å². The molecule has 0 radical (unpaired) electrons. The summed E-state index contributed by atoms with van der Waals surface area (Å²) in [7, 11) is 0. The molecule has 1 atom stereocenters. The lowest BCUT2D eigenvalue weighted by atomic mass is 9.92. The van der Waals surface area contributed by atoms with E-state index >= 15 is 0 Å². The first kappa shape index (κ1) is 16.0. The van der Waals surface area contributed by atoms with Crippen molar-refractivity contribution in [3.8, 4) is 0 Å². The monoisotopic (exact) mass is 299 g/mol. The van der Waals surface area contributed by atoms with Gasteiger partial charge in [-0.3, -0.25) is 14.4 Å². The highest BCUT2D eigenvalue weighted by molar-refractivity contribution is 6.17. The molecule has 0 saturated carbocycles. The predicted molar refractivity (Wildman–Crippen MR) is 71.3 cm³/mol. The number of amides is 1. The minimum absolute atomic E-state index is 0.200. The van der Waals surface area contributed by atoms with Crippen molar-refractivity contribution in [3.63, 3.8) is 0 Å². The van der Waals surface area contributed by atoms with Crippen LogP contribution >= 0.6 is 11.6 Å². The summed E-state index contributed by atoms with van der Waals surface area (Å²) in [6.07, 6.45) is 0. The van der Waals surface area contributed by atoms with Crippen molar-refractivity contribution >= 4 is 29.4 Å². The van der Waals surface area contributed by atoms with Crippen LogP contribution in [0.5, 0.6) is 0 Å². The number of carbonyl (C=O) groups excluding carboxylic acids is 1. The van der Waals surface area contributed by atoms with Gasteiger partial charge in [0.25, 0.3) is 0 Å². The van der Waals surface area contributed by atoms with Gasteiger partial charge in [-0.2, -0.15) is 0 Å². The summed E-state index contributed by atoms with van der Waals surface area (Å²) in [5.41, 5.74) is 1.09. The third-order valence-electron chi connectivity index (χ3n) is 2.69. The Hall–Kier alpha value is -2.08. The zero-order chi connectivity index (χ0) is 15.3. The number of aliphatic carboxylic acids is 2. The van der Waals surface area contributed by atoms with Crippen LogP contribution in [0.15, 0.2) is 24.3 Å². The molecule has 0 fully saturated rings. The molecule has 3 N–H and O–H groups in total. The Morgan fingerprint density at radius 3 is 2.30 bits per heavy atom. The van der Waals surface area contributed by atoms with Gasteiger partial charge in [-0.15, -0.1) is 11.6 Å². The second kappa shape index (κ2) is 6.91. The van der Waals surface area contributed by atoms with Gasteiger partial charge in [0.05, 0.1) is 6.04 Å². The lowest BCUT2D eigenvalue weighted by Gasteiger charge is -2.22. The number of alkyl halides is 1. The van der Waals surface area contributed by atoms with Crippen molar-refractivity contribution in [3.05, 3.63) is 35.4 Å². The van der Waals surface area contributed by atoms with Crippen molar-refractivity contribution in [2.24, 2.45) is 5.92 Å². The fourth-order valence-electron chi connectivity index (χ4n) is 1.84. The molecule has 0 heterocycles. The number of nitrogens with one attached hydrogen (secondary N) is 1. The first-order chi connectivity index (χ1) is 9.36. The maximum absolute atomic E-state index is 11.2. The highest BCUT2D eigenvalue weighted by Crippen LogP contribution is 2.24. The summed E-state index contributed by atoms with van der Waals surface area (Å²) < 4.78 is 0. The van der Waals surface area contributed by atoms with Gasteiger partial charge in [0.1, 0.15) is 0 Å². The summed E-state index contributed by atoms with van der Waals surface area (Å²) >= 11 is 5.69. The lowest BCUT2D eigenvalue weighted by Crippen LogP contribution is -2.39. The smallest absolute Gasteiger partial charge is 0.320 e. The molecule has 1 aromatic carbocycles. The molecule has 1 amide bonds. The Labute approximate surface area is 120 Å². The first-order valence-corrected chi connectivity index (χ1v) is 6.27. The van der Waals surface area contributed by atoms with E-state index in [1.54, 1.807) is 24.3 Å². The summed E-state index contributed by atoms with van der Waals surface area (Å²) in [6.45, 7) is 1.19. The zero-order valence-corrected chi connectivity index (χ0v) is 11.4. The molecule has 0 bridgehead atoms. The average molecular weight is 300 g/mol. The van der Waals surface area contributed by atoms with Crippen molar-refractivity contribution in [1.82, 2.24) is 5.32 Å². The Morgan fingerprint density at radius 1 is 1.25 bits per heavy atom. The number of benzene rings is 1. The predicted octanol–water partition coefficient (Wildman–Crippen LogP) is 1.39. The molecule has 1 aromatic rings. The van der Waals surface area contributed by atoms with Crippen LogP contribution < -0.4 is 5.32 Å². The van der Waals surface area contributed by atoms with Crippen LogP contribution in [0.25, 0.3) is 0 Å². The summed E-state index contributed by atoms with van der Waals surface area (Å²) in [4.78, 5) is 33.5. The van der Waals surface area contributed by atoms with Crippen LogP contribution in [-0.4, -0.2) is 28.1 Å². The van der Waals surface area contributed by atoms with E-state index in [1.165, 1.54) is 6.92 Å². The number of carboxylic acid groups (broad SMARTS) is 2. The van der Waals surface area contributed by atoms with Gasteiger partial charge < -0.3 is 15.5 Å². The van der Waals surface area contributed by atoms with Gasteiger partial charge in [0.15, 0.2) is 5.92 Å². The van der Waals surface area contributed by atoms with Crippen LogP contribution in [0, 0.1) is 5.92 Å². The Bertz CT molecular complexity index is 517. The van der Waals surface area contributed by atoms with Crippen LogP contribution in [0.1, 0.15) is 24.1 Å². The largest absolute Gasteiger partial charge is 0.481 e.